The summed E-state index contributed by atoms with van der Waals surface area (Å²) in [5, 5.41) is 11.5. The van der Waals surface area contributed by atoms with Gasteiger partial charge in [-0.15, -0.1) is 0 Å². The highest BCUT2D eigenvalue weighted by Gasteiger charge is 2.29. The average molecular weight is 320 g/mol. The van der Waals surface area contributed by atoms with Crippen LogP contribution in [0, 0.1) is 10.1 Å². The molecule has 2 aliphatic rings. The molecule has 2 N–H and O–H groups in total. The molecule has 126 valence electrons. The topological polar surface area (TPSA) is 101 Å². The van der Waals surface area contributed by atoms with Crippen LogP contribution in [-0.4, -0.2) is 41.1 Å². The largest absolute Gasteiger partial charge is 0.378 e. The normalized spacial score (nSPS) is 19.5. The smallest absolute Gasteiger partial charge is 0.353 e. The van der Waals surface area contributed by atoms with E-state index in [2.05, 4.69) is 14.9 Å². The molecule has 2 aliphatic heterocycles. The van der Waals surface area contributed by atoms with Crippen LogP contribution in [0.3, 0.4) is 0 Å². The minimum absolute atomic E-state index is 0.0233. The number of hydrogen-bond donors (Lipinski definition) is 1. The lowest BCUT2D eigenvalue weighted by atomic mass is 10.1. The highest BCUT2D eigenvalue weighted by Crippen LogP contribution is 2.34. The fraction of sp³-hybridized carbons (Fsp3) is 0.733. The Kier molecular flexibility index (Phi) is 4.78. The molecule has 0 aromatic carbocycles. The minimum Gasteiger partial charge on any atom is -0.378 e. The van der Waals surface area contributed by atoms with Gasteiger partial charge in [0.05, 0.1) is 4.92 Å². The van der Waals surface area contributed by atoms with Crippen LogP contribution in [0.5, 0.6) is 0 Å². The number of anilines is 3. The number of aromatic nitrogens is 2. The van der Waals surface area contributed by atoms with Gasteiger partial charge < -0.3 is 15.5 Å². The highest BCUT2D eigenvalue weighted by atomic mass is 16.6. The van der Waals surface area contributed by atoms with Crippen LogP contribution in [0.4, 0.5) is 23.3 Å². The molecule has 3 rings (SSSR count). The molecule has 23 heavy (non-hydrogen) atoms. The summed E-state index contributed by atoms with van der Waals surface area (Å²) in [6, 6.07) is 0. The Morgan fingerprint density at radius 3 is 1.96 bits per heavy atom. The van der Waals surface area contributed by atoms with Gasteiger partial charge in [0.15, 0.2) is 0 Å². The highest BCUT2D eigenvalue weighted by molar-refractivity contribution is 5.71. The summed E-state index contributed by atoms with van der Waals surface area (Å²) < 4.78 is 0. The summed E-state index contributed by atoms with van der Waals surface area (Å²) in [4.78, 5) is 23.9. The molecule has 0 unspecified atom stereocenters. The van der Waals surface area contributed by atoms with Gasteiger partial charge in [-0.2, -0.15) is 9.97 Å². The van der Waals surface area contributed by atoms with Crippen LogP contribution in [0.2, 0.25) is 0 Å². The Bertz CT molecular complexity index is 565. The zero-order valence-corrected chi connectivity index (χ0v) is 13.4. The molecule has 2 saturated heterocycles. The maximum atomic E-state index is 11.5. The van der Waals surface area contributed by atoms with Crippen molar-refractivity contribution in [2.75, 3.05) is 41.7 Å². The van der Waals surface area contributed by atoms with E-state index >= 15 is 0 Å². The second-order valence-corrected chi connectivity index (χ2v) is 6.29. The zero-order valence-electron chi connectivity index (χ0n) is 13.4. The predicted molar refractivity (Wildman–Crippen MR) is 89.8 cm³/mol. The number of rotatable bonds is 3. The molecule has 0 amide bonds. The van der Waals surface area contributed by atoms with Crippen molar-refractivity contribution in [2.45, 2.75) is 44.9 Å². The Labute approximate surface area is 135 Å². The van der Waals surface area contributed by atoms with E-state index in [0.717, 1.165) is 64.7 Å². The monoisotopic (exact) mass is 320 g/mol. The number of hydrogen-bond acceptors (Lipinski definition) is 7. The predicted octanol–water partition coefficient (Wildman–Crippen LogP) is 2.34. The SMILES string of the molecule is Nc1nc(N2CCCCC2)nc(N2CCCCCC2)c1[N+](=O)[O-]. The second-order valence-electron chi connectivity index (χ2n) is 6.29. The first-order valence-electron chi connectivity index (χ1n) is 8.48. The van der Waals surface area contributed by atoms with E-state index in [9.17, 15) is 10.1 Å². The van der Waals surface area contributed by atoms with Crippen molar-refractivity contribution in [3.05, 3.63) is 10.1 Å². The van der Waals surface area contributed by atoms with Crippen LogP contribution < -0.4 is 15.5 Å². The maximum absolute atomic E-state index is 11.5. The fourth-order valence-electron chi connectivity index (χ4n) is 3.36. The van der Waals surface area contributed by atoms with Crippen LogP contribution in [0.25, 0.3) is 0 Å². The minimum atomic E-state index is -0.449. The molecule has 0 aliphatic carbocycles. The van der Waals surface area contributed by atoms with Gasteiger partial charge in [0.1, 0.15) is 0 Å². The van der Waals surface area contributed by atoms with Gasteiger partial charge in [-0.1, -0.05) is 12.8 Å². The Balaban J connectivity index is 1.98. The van der Waals surface area contributed by atoms with E-state index in [1.807, 2.05) is 4.90 Å². The van der Waals surface area contributed by atoms with Gasteiger partial charge in [0, 0.05) is 26.2 Å². The molecule has 0 atom stereocenters. The van der Waals surface area contributed by atoms with Crippen LogP contribution >= 0.6 is 0 Å². The van der Waals surface area contributed by atoms with E-state index in [1.54, 1.807) is 0 Å². The van der Waals surface area contributed by atoms with Crippen LogP contribution in [0.1, 0.15) is 44.9 Å². The summed E-state index contributed by atoms with van der Waals surface area (Å²) in [6.07, 6.45) is 7.77. The molecule has 8 heteroatoms. The third-order valence-electron chi connectivity index (χ3n) is 4.61. The Morgan fingerprint density at radius 2 is 1.39 bits per heavy atom. The first-order valence-corrected chi connectivity index (χ1v) is 8.48. The van der Waals surface area contributed by atoms with Crippen LogP contribution in [-0.2, 0) is 0 Å². The van der Waals surface area contributed by atoms with Crippen molar-refractivity contribution in [2.24, 2.45) is 0 Å². The second kappa shape index (κ2) is 6.97. The molecule has 0 saturated carbocycles. The van der Waals surface area contributed by atoms with E-state index in [0.29, 0.717) is 11.8 Å². The van der Waals surface area contributed by atoms with E-state index < -0.39 is 4.92 Å². The van der Waals surface area contributed by atoms with Gasteiger partial charge in [0.2, 0.25) is 17.6 Å². The van der Waals surface area contributed by atoms with Crippen molar-refractivity contribution < 1.29 is 4.92 Å². The molecule has 0 radical (unpaired) electrons. The standard InChI is InChI=1S/C15H24N6O2/c16-13-12(21(22)23)14(19-8-4-1-2-5-9-19)18-15(17-13)20-10-6-3-7-11-20/h1-11H2,(H2,16,17,18). The zero-order chi connectivity index (χ0) is 16.2. The van der Waals surface area contributed by atoms with E-state index in [4.69, 9.17) is 5.73 Å². The number of nitro groups is 1. The summed E-state index contributed by atoms with van der Waals surface area (Å²) in [6.45, 7) is 3.35. The molecule has 8 nitrogen and oxygen atoms in total. The molecular weight excluding hydrogens is 296 g/mol. The van der Waals surface area contributed by atoms with Crippen LogP contribution in [0.15, 0.2) is 0 Å². The van der Waals surface area contributed by atoms with Gasteiger partial charge in [0.25, 0.3) is 0 Å². The summed E-state index contributed by atoms with van der Waals surface area (Å²) in [5.41, 5.74) is 5.78. The quantitative estimate of drug-likeness (QED) is 0.673. The van der Waals surface area contributed by atoms with E-state index in [-0.39, 0.29) is 11.5 Å². The number of nitrogen functional groups attached to an aromatic ring is 1. The molecule has 1 aromatic heterocycles. The molecule has 0 spiro atoms. The first-order chi connectivity index (χ1) is 11.2. The van der Waals surface area contributed by atoms with Crippen molar-refractivity contribution >= 4 is 23.3 Å². The number of nitrogens with zero attached hydrogens (tertiary/aromatic N) is 5. The van der Waals surface area contributed by atoms with Crippen molar-refractivity contribution in [1.29, 1.82) is 0 Å². The fourth-order valence-corrected chi connectivity index (χ4v) is 3.36. The first kappa shape index (κ1) is 15.8. The molecular formula is C15H24N6O2. The van der Waals surface area contributed by atoms with Gasteiger partial charge >= 0.3 is 5.69 Å². The summed E-state index contributed by atoms with van der Waals surface area (Å²) in [7, 11) is 0. The summed E-state index contributed by atoms with van der Waals surface area (Å²) in [5.74, 6) is 0.904. The molecule has 0 bridgehead atoms. The molecule has 1 aromatic rings. The van der Waals surface area contributed by atoms with Crippen molar-refractivity contribution in [3.63, 3.8) is 0 Å². The third-order valence-corrected chi connectivity index (χ3v) is 4.61. The van der Waals surface area contributed by atoms with Crippen molar-refractivity contribution in [1.82, 2.24) is 9.97 Å². The van der Waals surface area contributed by atoms with E-state index in [1.165, 1.54) is 6.42 Å². The van der Waals surface area contributed by atoms with Gasteiger partial charge in [-0.05, 0) is 32.1 Å². The third kappa shape index (κ3) is 3.46. The molecule has 2 fully saturated rings. The summed E-state index contributed by atoms with van der Waals surface area (Å²) >= 11 is 0. The van der Waals surface area contributed by atoms with Gasteiger partial charge in [-0.25, -0.2) is 0 Å². The number of nitrogens with two attached hydrogens (primary N) is 1. The maximum Gasteiger partial charge on any atom is 0.353 e. The lowest BCUT2D eigenvalue weighted by Gasteiger charge is -2.28. The average Bonchev–Trinajstić information content (AvgIpc) is 2.83. The lowest BCUT2D eigenvalue weighted by molar-refractivity contribution is -0.383. The van der Waals surface area contributed by atoms with Gasteiger partial charge in [-0.3, -0.25) is 10.1 Å². The van der Waals surface area contributed by atoms with Crippen molar-refractivity contribution in [3.8, 4) is 0 Å². The molecule has 3 heterocycles. The number of piperidine rings is 1. The Hall–Kier alpha value is -2.12. The Morgan fingerprint density at radius 1 is 0.870 bits per heavy atom. The lowest BCUT2D eigenvalue weighted by Crippen LogP contribution is -2.33.